The molecule has 0 radical (unpaired) electrons. The van der Waals surface area contributed by atoms with Gasteiger partial charge in [-0.05, 0) is 37.3 Å². The van der Waals surface area contributed by atoms with Gasteiger partial charge in [0.05, 0.1) is 30.6 Å². The van der Waals surface area contributed by atoms with Gasteiger partial charge < -0.3 is 24.4 Å². The minimum Gasteiger partial charge on any atom is -0.507 e. The molecular formula is C21H19NO7. The van der Waals surface area contributed by atoms with Crippen LogP contribution in [-0.4, -0.2) is 34.2 Å². The highest BCUT2D eigenvalue weighted by Gasteiger charge is 2.28. The monoisotopic (exact) mass is 397 g/mol. The van der Waals surface area contributed by atoms with Crippen molar-refractivity contribution in [3.63, 3.8) is 0 Å². The molecule has 1 unspecified atom stereocenters. The summed E-state index contributed by atoms with van der Waals surface area (Å²) in [7, 11) is 1.23. The number of aromatic amines is 1. The third kappa shape index (κ3) is 4.21. The van der Waals surface area contributed by atoms with Crippen molar-refractivity contribution in [2.24, 2.45) is 0 Å². The summed E-state index contributed by atoms with van der Waals surface area (Å²) in [4.78, 5) is 38.0. The first kappa shape index (κ1) is 19.9. The number of hydrogen-bond acceptors (Lipinski definition) is 6. The quantitative estimate of drug-likeness (QED) is 0.545. The van der Waals surface area contributed by atoms with Gasteiger partial charge in [0.15, 0.2) is 0 Å². The number of carbonyl (C=O) groups excluding carboxylic acids is 1. The van der Waals surface area contributed by atoms with Crippen LogP contribution < -0.4 is 5.56 Å². The van der Waals surface area contributed by atoms with Crippen molar-refractivity contribution in [3.8, 4) is 17.1 Å². The van der Waals surface area contributed by atoms with Gasteiger partial charge in [0.2, 0.25) is 0 Å². The van der Waals surface area contributed by atoms with E-state index in [0.717, 1.165) is 0 Å². The summed E-state index contributed by atoms with van der Waals surface area (Å²) in [5, 5.41) is 19.3. The van der Waals surface area contributed by atoms with Gasteiger partial charge in [-0.3, -0.25) is 9.59 Å². The van der Waals surface area contributed by atoms with Gasteiger partial charge in [-0.15, -0.1) is 0 Å². The molecule has 3 aromatic rings. The maximum Gasteiger partial charge on any atom is 0.335 e. The summed E-state index contributed by atoms with van der Waals surface area (Å²) in [6, 6.07) is 10.7. The molecule has 3 N–H and O–H groups in total. The van der Waals surface area contributed by atoms with E-state index in [-0.39, 0.29) is 29.1 Å². The second kappa shape index (κ2) is 8.05. The number of pyridine rings is 1. The molecule has 0 fully saturated rings. The molecule has 0 saturated heterocycles. The van der Waals surface area contributed by atoms with Crippen molar-refractivity contribution >= 4 is 11.9 Å². The van der Waals surface area contributed by atoms with Crippen molar-refractivity contribution in [2.75, 3.05) is 7.11 Å². The summed E-state index contributed by atoms with van der Waals surface area (Å²) >= 11 is 0. The molecule has 0 bridgehead atoms. The van der Waals surface area contributed by atoms with E-state index in [1.54, 1.807) is 31.2 Å². The van der Waals surface area contributed by atoms with Crippen LogP contribution in [0.25, 0.3) is 11.3 Å². The van der Waals surface area contributed by atoms with Crippen molar-refractivity contribution in [1.29, 1.82) is 0 Å². The van der Waals surface area contributed by atoms with E-state index in [9.17, 15) is 19.5 Å². The zero-order valence-corrected chi connectivity index (χ0v) is 15.8. The van der Waals surface area contributed by atoms with Crippen LogP contribution in [-0.2, 0) is 9.53 Å². The molecule has 0 aliphatic heterocycles. The number of nitrogens with one attached hydrogen (secondary N) is 1. The zero-order valence-electron chi connectivity index (χ0n) is 15.8. The molecule has 0 saturated carbocycles. The fourth-order valence-electron chi connectivity index (χ4n) is 3.09. The number of H-pyrrole nitrogens is 1. The number of benzene rings is 1. The lowest BCUT2D eigenvalue weighted by Gasteiger charge is -2.15. The molecule has 1 aromatic carbocycles. The first-order valence-electron chi connectivity index (χ1n) is 8.73. The minimum atomic E-state index is -1.04. The predicted octanol–water partition coefficient (Wildman–Crippen LogP) is 3.04. The van der Waals surface area contributed by atoms with Crippen molar-refractivity contribution < 1.29 is 29.0 Å². The van der Waals surface area contributed by atoms with E-state index in [0.29, 0.717) is 17.0 Å². The Hall–Kier alpha value is -3.81. The van der Waals surface area contributed by atoms with Gasteiger partial charge in [-0.2, -0.15) is 0 Å². The van der Waals surface area contributed by atoms with Crippen molar-refractivity contribution in [1.82, 2.24) is 4.98 Å². The lowest BCUT2D eigenvalue weighted by Crippen LogP contribution is -2.20. The van der Waals surface area contributed by atoms with Crippen LogP contribution in [0.3, 0.4) is 0 Å². The van der Waals surface area contributed by atoms with Crippen LogP contribution in [0.15, 0.2) is 51.7 Å². The highest BCUT2D eigenvalue weighted by atomic mass is 16.5. The van der Waals surface area contributed by atoms with Crippen LogP contribution in [0.5, 0.6) is 5.75 Å². The lowest BCUT2D eigenvalue weighted by molar-refractivity contribution is -0.140. The zero-order chi connectivity index (χ0) is 21.1. The highest BCUT2D eigenvalue weighted by molar-refractivity contribution is 5.88. The molecule has 2 heterocycles. The second-order valence-electron chi connectivity index (χ2n) is 6.50. The number of carbonyl (C=O) groups is 2. The molecule has 0 spiro atoms. The number of hydrogen-bond donors (Lipinski definition) is 3. The molecule has 8 nitrogen and oxygen atoms in total. The van der Waals surface area contributed by atoms with Gasteiger partial charge in [-0.25, -0.2) is 4.79 Å². The Labute approximate surface area is 165 Å². The normalized spacial score (nSPS) is 11.8. The average molecular weight is 397 g/mol. The third-order valence-corrected chi connectivity index (χ3v) is 4.52. The van der Waals surface area contributed by atoms with Crippen LogP contribution in [0.4, 0.5) is 0 Å². The Morgan fingerprint density at radius 3 is 2.45 bits per heavy atom. The number of carboxylic acid groups (broad SMARTS) is 1. The Kier molecular flexibility index (Phi) is 5.54. The van der Waals surface area contributed by atoms with Crippen LogP contribution in [0.1, 0.15) is 39.7 Å². The molecule has 1 atom stereocenters. The molecular weight excluding hydrogens is 378 g/mol. The third-order valence-electron chi connectivity index (χ3n) is 4.52. The molecule has 150 valence electrons. The van der Waals surface area contributed by atoms with Gasteiger partial charge in [0.1, 0.15) is 17.3 Å². The number of aromatic hydroxyl groups is 1. The maximum absolute atomic E-state index is 12.5. The standard InChI is InChI=1S/C21H19NO7/c1-11-9-15(23)19(20(25)22-11)14(10-18(24)28-2)17-8-7-16(29-17)12-3-5-13(6-4-12)21(26)27/h3-9,14H,10H2,1-2H3,(H,26,27)(H2,22,23,25). The number of esters is 1. The van der Waals surface area contributed by atoms with E-state index >= 15 is 0 Å². The van der Waals surface area contributed by atoms with E-state index in [1.165, 1.54) is 25.3 Å². The number of rotatable bonds is 6. The fourth-order valence-corrected chi connectivity index (χ4v) is 3.09. The second-order valence-corrected chi connectivity index (χ2v) is 6.50. The topological polar surface area (TPSA) is 130 Å². The Bertz CT molecular complexity index is 1110. The number of ether oxygens (including phenoxy) is 1. The SMILES string of the molecule is COC(=O)CC(c1ccc(-c2ccc(C(=O)O)cc2)o1)c1c(O)cc(C)[nH]c1=O. The Morgan fingerprint density at radius 2 is 1.86 bits per heavy atom. The Morgan fingerprint density at radius 1 is 1.17 bits per heavy atom. The van der Waals surface area contributed by atoms with Crippen molar-refractivity contribution in [3.05, 3.63) is 75.4 Å². The molecule has 0 amide bonds. The van der Waals surface area contributed by atoms with E-state index in [2.05, 4.69) is 4.98 Å². The predicted molar refractivity (Wildman–Crippen MR) is 103 cm³/mol. The number of aryl methyl sites for hydroxylation is 1. The fraction of sp³-hybridized carbons (Fsp3) is 0.190. The van der Waals surface area contributed by atoms with Crippen LogP contribution in [0, 0.1) is 6.92 Å². The number of carboxylic acids is 1. The average Bonchev–Trinajstić information content (AvgIpc) is 3.16. The van der Waals surface area contributed by atoms with Crippen molar-refractivity contribution in [2.45, 2.75) is 19.3 Å². The summed E-state index contributed by atoms with van der Waals surface area (Å²) in [6.45, 7) is 1.63. The summed E-state index contributed by atoms with van der Waals surface area (Å²) in [5.41, 5.74) is 0.718. The first-order valence-corrected chi connectivity index (χ1v) is 8.73. The van der Waals surface area contributed by atoms with Crippen LogP contribution >= 0.6 is 0 Å². The molecule has 8 heteroatoms. The largest absolute Gasteiger partial charge is 0.507 e. The smallest absolute Gasteiger partial charge is 0.335 e. The van der Waals surface area contributed by atoms with E-state index < -0.39 is 23.4 Å². The van der Waals surface area contributed by atoms with E-state index in [4.69, 9.17) is 14.3 Å². The summed E-state index contributed by atoms with van der Waals surface area (Å²) in [5.74, 6) is -2.00. The summed E-state index contributed by atoms with van der Waals surface area (Å²) < 4.78 is 10.6. The molecule has 0 aliphatic rings. The molecule has 3 rings (SSSR count). The lowest BCUT2D eigenvalue weighted by atomic mass is 9.93. The first-order chi connectivity index (χ1) is 13.8. The highest BCUT2D eigenvalue weighted by Crippen LogP contribution is 2.35. The minimum absolute atomic E-state index is 0.00289. The molecule has 29 heavy (non-hydrogen) atoms. The van der Waals surface area contributed by atoms with Gasteiger partial charge >= 0.3 is 11.9 Å². The van der Waals surface area contributed by atoms with E-state index in [1.807, 2.05) is 0 Å². The van der Waals surface area contributed by atoms with Gasteiger partial charge in [0.25, 0.3) is 5.56 Å². The number of furan rings is 1. The molecule has 2 aromatic heterocycles. The van der Waals surface area contributed by atoms with Gasteiger partial charge in [0, 0.05) is 11.3 Å². The Balaban J connectivity index is 2.03. The van der Waals surface area contributed by atoms with Crippen LogP contribution in [0.2, 0.25) is 0 Å². The maximum atomic E-state index is 12.5. The molecule has 0 aliphatic carbocycles. The number of methoxy groups -OCH3 is 1. The number of aromatic nitrogens is 1. The summed E-state index contributed by atoms with van der Waals surface area (Å²) in [6.07, 6.45) is -0.207. The van der Waals surface area contributed by atoms with Gasteiger partial charge in [-0.1, -0.05) is 12.1 Å². The number of aromatic carboxylic acids is 1.